The third-order valence-electron chi connectivity index (χ3n) is 9.85. The summed E-state index contributed by atoms with van der Waals surface area (Å²) in [4.78, 5) is 37.7. The van der Waals surface area contributed by atoms with E-state index in [-0.39, 0.29) is 37.5 Å². The predicted octanol–water partition coefficient (Wildman–Crippen LogP) is 15.6. The molecule has 336 valence electrons. The monoisotopic (exact) mass is 821 g/mol. The molecule has 0 aliphatic heterocycles. The Morgan fingerprint density at radius 3 is 1.19 bits per heavy atom. The molecule has 1 atom stereocenters. The molecule has 59 heavy (non-hydrogen) atoms. The van der Waals surface area contributed by atoms with Crippen LogP contribution >= 0.6 is 0 Å². The lowest BCUT2D eigenvalue weighted by Crippen LogP contribution is -2.30. The molecule has 0 amide bonds. The largest absolute Gasteiger partial charge is 0.462 e. The summed E-state index contributed by atoms with van der Waals surface area (Å²) in [6.45, 7) is 6.37. The van der Waals surface area contributed by atoms with Gasteiger partial charge in [0.05, 0.1) is 0 Å². The summed E-state index contributed by atoms with van der Waals surface area (Å²) >= 11 is 0. The second kappa shape index (κ2) is 47.3. The van der Waals surface area contributed by atoms with Crippen LogP contribution in [0.15, 0.2) is 85.1 Å². The van der Waals surface area contributed by atoms with Crippen molar-refractivity contribution in [1.29, 1.82) is 0 Å². The molecule has 6 heteroatoms. The summed E-state index contributed by atoms with van der Waals surface area (Å²) < 4.78 is 16.6. The number of ether oxygens (including phenoxy) is 3. The molecule has 0 rings (SSSR count). The van der Waals surface area contributed by atoms with Crippen molar-refractivity contribution in [2.24, 2.45) is 0 Å². The molecule has 0 saturated heterocycles. The molecule has 0 bridgehead atoms. The van der Waals surface area contributed by atoms with Gasteiger partial charge in [0.1, 0.15) is 13.2 Å². The van der Waals surface area contributed by atoms with Gasteiger partial charge < -0.3 is 14.2 Å². The summed E-state index contributed by atoms with van der Waals surface area (Å²) in [5, 5.41) is 0. The summed E-state index contributed by atoms with van der Waals surface area (Å²) in [6, 6.07) is 0. The normalized spacial score (nSPS) is 12.8. The van der Waals surface area contributed by atoms with Crippen molar-refractivity contribution in [1.82, 2.24) is 0 Å². The lowest BCUT2D eigenvalue weighted by atomic mass is 10.1. The molecule has 6 nitrogen and oxygen atoms in total. The quantitative estimate of drug-likeness (QED) is 0.0264. The van der Waals surface area contributed by atoms with E-state index in [1.807, 2.05) is 0 Å². The highest BCUT2D eigenvalue weighted by atomic mass is 16.6. The fourth-order valence-electron chi connectivity index (χ4n) is 6.23. The minimum absolute atomic E-state index is 0.113. The SMILES string of the molecule is CC/C=C\C/C=C\CCCCC(=O)OCC(COC(=O)CCC/C=C\C/C=C\C/C=C\C/C=C\CCCCC)OC(=O)CCCCCCCCC/C=C\CCCCCC. The van der Waals surface area contributed by atoms with Gasteiger partial charge in [-0.05, 0) is 109 Å². The van der Waals surface area contributed by atoms with Crippen LogP contribution in [-0.4, -0.2) is 37.2 Å². The molecule has 0 aromatic heterocycles. The van der Waals surface area contributed by atoms with Crippen LogP contribution in [0.5, 0.6) is 0 Å². The van der Waals surface area contributed by atoms with Crippen LogP contribution in [0.2, 0.25) is 0 Å². The third-order valence-corrected chi connectivity index (χ3v) is 9.85. The Morgan fingerprint density at radius 1 is 0.356 bits per heavy atom. The van der Waals surface area contributed by atoms with Crippen LogP contribution in [0.25, 0.3) is 0 Å². The van der Waals surface area contributed by atoms with Crippen LogP contribution in [0.4, 0.5) is 0 Å². The maximum Gasteiger partial charge on any atom is 0.306 e. The van der Waals surface area contributed by atoms with E-state index in [1.165, 1.54) is 89.9 Å². The zero-order chi connectivity index (χ0) is 43.0. The summed E-state index contributed by atoms with van der Waals surface area (Å²) in [6.07, 6.45) is 60.1. The Bertz CT molecular complexity index is 1170. The fraction of sp³-hybridized carbons (Fsp3) is 0.679. The van der Waals surface area contributed by atoms with E-state index in [4.69, 9.17) is 14.2 Å². The predicted molar refractivity (Wildman–Crippen MR) is 251 cm³/mol. The number of hydrogen-bond donors (Lipinski definition) is 0. The van der Waals surface area contributed by atoms with Crippen molar-refractivity contribution in [2.75, 3.05) is 13.2 Å². The number of esters is 3. The first kappa shape index (κ1) is 55.6. The minimum atomic E-state index is -0.812. The van der Waals surface area contributed by atoms with E-state index in [0.29, 0.717) is 19.3 Å². The molecule has 0 aliphatic carbocycles. The summed E-state index contributed by atoms with van der Waals surface area (Å²) in [5.74, 6) is -1.01. The Morgan fingerprint density at radius 2 is 0.678 bits per heavy atom. The van der Waals surface area contributed by atoms with Gasteiger partial charge in [-0.2, -0.15) is 0 Å². The van der Waals surface area contributed by atoms with Crippen molar-refractivity contribution in [3.8, 4) is 0 Å². The molecule has 0 N–H and O–H groups in total. The van der Waals surface area contributed by atoms with Gasteiger partial charge in [0.25, 0.3) is 0 Å². The molecule has 0 heterocycles. The first-order valence-corrected chi connectivity index (χ1v) is 24.1. The van der Waals surface area contributed by atoms with Gasteiger partial charge in [-0.3, -0.25) is 14.4 Å². The van der Waals surface area contributed by atoms with Crippen molar-refractivity contribution in [2.45, 2.75) is 219 Å². The molecule has 0 aromatic carbocycles. The highest BCUT2D eigenvalue weighted by Crippen LogP contribution is 2.13. The zero-order valence-electron chi connectivity index (χ0n) is 38.2. The maximum absolute atomic E-state index is 12.7. The lowest BCUT2D eigenvalue weighted by Gasteiger charge is -2.18. The second-order valence-corrected chi connectivity index (χ2v) is 15.6. The van der Waals surface area contributed by atoms with E-state index >= 15 is 0 Å². The smallest absolute Gasteiger partial charge is 0.306 e. The topological polar surface area (TPSA) is 78.9 Å². The Balaban J connectivity index is 4.47. The van der Waals surface area contributed by atoms with Gasteiger partial charge in [0, 0.05) is 19.3 Å². The number of allylic oxidation sites excluding steroid dienone is 14. The molecule has 0 aliphatic rings. The van der Waals surface area contributed by atoms with Gasteiger partial charge >= 0.3 is 17.9 Å². The first-order chi connectivity index (χ1) is 29.0. The highest BCUT2D eigenvalue weighted by molar-refractivity contribution is 5.71. The van der Waals surface area contributed by atoms with E-state index in [1.54, 1.807) is 0 Å². The number of rotatable bonds is 42. The minimum Gasteiger partial charge on any atom is -0.462 e. The first-order valence-electron chi connectivity index (χ1n) is 24.1. The van der Waals surface area contributed by atoms with Crippen LogP contribution in [0.1, 0.15) is 213 Å². The third kappa shape index (κ3) is 45.5. The van der Waals surface area contributed by atoms with Crippen LogP contribution in [-0.2, 0) is 28.6 Å². The van der Waals surface area contributed by atoms with Crippen LogP contribution in [0, 0.1) is 0 Å². The molecule has 0 aromatic rings. The van der Waals surface area contributed by atoms with Gasteiger partial charge in [-0.25, -0.2) is 0 Å². The summed E-state index contributed by atoms with van der Waals surface area (Å²) in [7, 11) is 0. The number of carbonyl (C=O) groups is 3. The van der Waals surface area contributed by atoms with Crippen molar-refractivity contribution < 1.29 is 28.6 Å². The Hall–Kier alpha value is -3.41. The number of hydrogen-bond acceptors (Lipinski definition) is 6. The van der Waals surface area contributed by atoms with Crippen LogP contribution < -0.4 is 0 Å². The number of carbonyl (C=O) groups excluding carboxylic acids is 3. The summed E-state index contributed by atoms with van der Waals surface area (Å²) in [5.41, 5.74) is 0. The molecule has 0 spiro atoms. The molecule has 0 radical (unpaired) electrons. The van der Waals surface area contributed by atoms with E-state index in [2.05, 4.69) is 106 Å². The van der Waals surface area contributed by atoms with Crippen LogP contribution in [0.3, 0.4) is 0 Å². The van der Waals surface area contributed by atoms with Gasteiger partial charge in [0.15, 0.2) is 6.10 Å². The molecular weight excluding hydrogens is 733 g/mol. The average Bonchev–Trinajstić information content (AvgIpc) is 3.23. The molecular formula is C53H88O6. The zero-order valence-corrected chi connectivity index (χ0v) is 38.2. The van der Waals surface area contributed by atoms with Crippen molar-refractivity contribution >= 4 is 17.9 Å². The molecule has 0 fully saturated rings. The fourth-order valence-corrected chi connectivity index (χ4v) is 6.23. The maximum atomic E-state index is 12.7. The van der Waals surface area contributed by atoms with Crippen molar-refractivity contribution in [3.63, 3.8) is 0 Å². The number of unbranched alkanes of at least 4 members (excludes halogenated alkanes) is 17. The lowest BCUT2D eigenvalue weighted by molar-refractivity contribution is -0.167. The average molecular weight is 821 g/mol. The van der Waals surface area contributed by atoms with Crippen molar-refractivity contribution in [3.05, 3.63) is 85.1 Å². The van der Waals surface area contributed by atoms with E-state index in [9.17, 15) is 14.4 Å². The second-order valence-electron chi connectivity index (χ2n) is 15.6. The van der Waals surface area contributed by atoms with Gasteiger partial charge in [0.2, 0.25) is 0 Å². The highest BCUT2D eigenvalue weighted by Gasteiger charge is 2.19. The molecule has 0 saturated carbocycles. The van der Waals surface area contributed by atoms with E-state index in [0.717, 1.165) is 77.0 Å². The van der Waals surface area contributed by atoms with Gasteiger partial charge in [-0.15, -0.1) is 0 Å². The Kier molecular flexibility index (Phi) is 44.5. The standard InChI is InChI=1S/C53H88O6/c1-4-7-10-13-16-19-21-23-25-26-28-29-31-34-37-40-43-46-52(55)58-49-50(48-57-51(54)45-42-39-36-33-18-15-12-9-6-3)59-53(56)47-44-41-38-35-32-30-27-24-22-20-17-14-11-8-5-2/h9,12,16,18-20,22-23,25,28-29,33-34,37,50H,4-8,10-11,13-15,17,21,24,26-27,30-32,35-36,38-49H2,1-3H3/b12-9-,19-16-,22-20-,25-23-,29-28-,33-18-,37-34-. The Labute approximate surface area is 363 Å². The van der Waals surface area contributed by atoms with E-state index < -0.39 is 6.10 Å². The van der Waals surface area contributed by atoms with Gasteiger partial charge in [-0.1, -0.05) is 170 Å². The molecule has 1 unspecified atom stereocenters.